The monoisotopic (exact) mass is 288 g/mol. The first kappa shape index (κ1) is 12.7. The molecule has 0 atom stereocenters. The molecular weight excluding hydrogens is 279 g/mol. The van der Waals surface area contributed by atoms with Gasteiger partial charge >= 0.3 is 0 Å². The van der Waals surface area contributed by atoms with Gasteiger partial charge in [-0.05, 0) is 30.7 Å². The lowest BCUT2D eigenvalue weighted by Gasteiger charge is -2.07. The van der Waals surface area contributed by atoms with E-state index in [1.54, 1.807) is 6.92 Å². The zero-order valence-corrected chi connectivity index (χ0v) is 10.8. The standard InChI is InChI=1S/C9H9FN4O2S2/c1-5-4-6(10)2-3-7(5)14-18(15,16)9-13-12-8(11)17-9/h2-4,14H,1H3,(H2,11,12). The van der Waals surface area contributed by atoms with E-state index in [-0.39, 0.29) is 15.2 Å². The smallest absolute Gasteiger partial charge is 0.291 e. The van der Waals surface area contributed by atoms with Crippen LogP contribution < -0.4 is 10.5 Å². The maximum absolute atomic E-state index is 12.9. The summed E-state index contributed by atoms with van der Waals surface area (Å²) in [5, 5.41) is 6.94. The van der Waals surface area contributed by atoms with Crippen molar-refractivity contribution in [3.05, 3.63) is 29.6 Å². The van der Waals surface area contributed by atoms with Crippen LogP contribution >= 0.6 is 11.3 Å². The van der Waals surface area contributed by atoms with E-state index < -0.39 is 15.8 Å². The summed E-state index contributed by atoms with van der Waals surface area (Å²) < 4.78 is 38.8. The summed E-state index contributed by atoms with van der Waals surface area (Å²) >= 11 is 0.754. The average Bonchev–Trinajstić information content (AvgIpc) is 2.70. The van der Waals surface area contributed by atoms with E-state index in [2.05, 4.69) is 14.9 Å². The Morgan fingerprint density at radius 3 is 2.67 bits per heavy atom. The van der Waals surface area contributed by atoms with Crippen LogP contribution in [0.1, 0.15) is 5.56 Å². The lowest BCUT2D eigenvalue weighted by molar-refractivity contribution is 0.599. The maximum Gasteiger partial charge on any atom is 0.291 e. The van der Waals surface area contributed by atoms with Crippen molar-refractivity contribution in [1.82, 2.24) is 10.2 Å². The Bertz CT molecular complexity index is 684. The van der Waals surface area contributed by atoms with Gasteiger partial charge in [-0.25, -0.2) is 4.39 Å². The van der Waals surface area contributed by atoms with Crippen molar-refractivity contribution in [1.29, 1.82) is 0 Å². The highest BCUT2D eigenvalue weighted by Crippen LogP contribution is 2.22. The predicted octanol–water partition coefficient (Wildman–Crippen LogP) is 1.37. The zero-order valence-electron chi connectivity index (χ0n) is 9.21. The Labute approximate surface area is 107 Å². The van der Waals surface area contributed by atoms with Crippen molar-refractivity contribution >= 4 is 32.2 Å². The molecule has 2 rings (SSSR count). The predicted molar refractivity (Wildman–Crippen MR) is 66.3 cm³/mol. The number of aromatic nitrogens is 2. The summed E-state index contributed by atoms with van der Waals surface area (Å²) in [6.45, 7) is 1.59. The number of nitrogens with two attached hydrogens (primary N) is 1. The molecule has 0 aliphatic rings. The second-order valence-electron chi connectivity index (χ2n) is 3.47. The van der Waals surface area contributed by atoms with Gasteiger partial charge < -0.3 is 5.73 Å². The molecule has 6 nitrogen and oxygen atoms in total. The fourth-order valence-electron chi connectivity index (χ4n) is 1.26. The number of hydrogen-bond acceptors (Lipinski definition) is 6. The first-order valence-corrected chi connectivity index (χ1v) is 7.06. The molecule has 0 amide bonds. The van der Waals surface area contributed by atoms with Gasteiger partial charge in [0.25, 0.3) is 14.4 Å². The van der Waals surface area contributed by atoms with Gasteiger partial charge in [-0.3, -0.25) is 4.72 Å². The molecule has 0 aliphatic heterocycles. The topological polar surface area (TPSA) is 98.0 Å². The maximum atomic E-state index is 12.9. The largest absolute Gasteiger partial charge is 0.374 e. The van der Waals surface area contributed by atoms with Gasteiger partial charge in [0.05, 0.1) is 5.69 Å². The molecule has 0 saturated heterocycles. The van der Waals surface area contributed by atoms with Crippen LogP contribution in [0.3, 0.4) is 0 Å². The summed E-state index contributed by atoms with van der Waals surface area (Å²) in [5.74, 6) is -0.435. The van der Waals surface area contributed by atoms with Crippen LogP contribution in [0.5, 0.6) is 0 Å². The van der Waals surface area contributed by atoms with Crippen molar-refractivity contribution in [3.8, 4) is 0 Å². The van der Waals surface area contributed by atoms with Crippen molar-refractivity contribution in [2.75, 3.05) is 10.5 Å². The number of nitrogens with one attached hydrogen (secondary N) is 1. The molecule has 0 fully saturated rings. The van der Waals surface area contributed by atoms with Crippen LogP contribution in [-0.4, -0.2) is 18.6 Å². The molecule has 96 valence electrons. The lowest BCUT2D eigenvalue weighted by atomic mass is 10.2. The van der Waals surface area contributed by atoms with Crippen LogP contribution in [0, 0.1) is 12.7 Å². The number of nitrogen functional groups attached to an aromatic ring is 1. The fourth-order valence-corrected chi connectivity index (χ4v) is 3.18. The molecule has 0 unspecified atom stereocenters. The van der Waals surface area contributed by atoms with Crippen LogP contribution in [0.4, 0.5) is 15.2 Å². The molecule has 1 heterocycles. The zero-order chi connectivity index (χ0) is 13.3. The number of aryl methyl sites for hydroxylation is 1. The highest BCUT2D eigenvalue weighted by atomic mass is 32.2. The Morgan fingerprint density at radius 1 is 1.39 bits per heavy atom. The van der Waals surface area contributed by atoms with Gasteiger partial charge in [-0.2, -0.15) is 8.42 Å². The van der Waals surface area contributed by atoms with Crippen molar-refractivity contribution in [2.45, 2.75) is 11.3 Å². The SMILES string of the molecule is Cc1cc(F)ccc1NS(=O)(=O)c1nnc(N)s1. The first-order valence-electron chi connectivity index (χ1n) is 4.76. The van der Waals surface area contributed by atoms with Gasteiger partial charge in [0.1, 0.15) is 5.82 Å². The van der Waals surface area contributed by atoms with E-state index in [1.165, 1.54) is 18.2 Å². The van der Waals surface area contributed by atoms with Crippen molar-refractivity contribution in [3.63, 3.8) is 0 Å². The van der Waals surface area contributed by atoms with E-state index in [0.717, 1.165) is 11.3 Å². The minimum Gasteiger partial charge on any atom is -0.374 e. The molecule has 0 saturated carbocycles. The summed E-state index contributed by atoms with van der Waals surface area (Å²) in [5.41, 5.74) is 6.07. The molecule has 3 N–H and O–H groups in total. The fraction of sp³-hybridized carbons (Fsp3) is 0.111. The van der Waals surface area contributed by atoms with Gasteiger partial charge in [-0.15, -0.1) is 10.2 Å². The number of halogens is 1. The Balaban J connectivity index is 2.33. The molecule has 18 heavy (non-hydrogen) atoms. The minimum absolute atomic E-state index is 0.0613. The normalized spacial score (nSPS) is 11.4. The average molecular weight is 288 g/mol. The molecule has 0 spiro atoms. The van der Waals surface area contributed by atoms with E-state index in [0.29, 0.717) is 5.56 Å². The van der Waals surface area contributed by atoms with Gasteiger partial charge in [0.2, 0.25) is 5.13 Å². The van der Waals surface area contributed by atoms with Crippen molar-refractivity contribution in [2.24, 2.45) is 0 Å². The van der Waals surface area contributed by atoms with Crippen LogP contribution in [-0.2, 0) is 10.0 Å². The molecule has 2 aromatic rings. The molecule has 1 aromatic carbocycles. The molecule has 9 heteroatoms. The third-order valence-corrected chi connectivity index (χ3v) is 4.57. The van der Waals surface area contributed by atoms with E-state index in [9.17, 15) is 12.8 Å². The third-order valence-electron chi connectivity index (χ3n) is 2.08. The summed E-state index contributed by atoms with van der Waals surface area (Å²) in [4.78, 5) is 0. The lowest BCUT2D eigenvalue weighted by Crippen LogP contribution is -2.13. The Hall–Kier alpha value is -1.74. The van der Waals surface area contributed by atoms with E-state index >= 15 is 0 Å². The quantitative estimate of drug-likeness (QED) is 0.888. The van der Waals surface area contributed by atoms with Gasteiger partial charge in [0, 0.05) is 0 Å². The number of sulfonamides is 1. The molecule has 0 bridgehead atoms. The number of hydrogen-bond donors (Lipinski definition) is 2. The minimum atomic E-state index is -3.84. The number of benzene rings is 1. The highest BCUT2D eigenvalue weighted by Gasteiger charge is 2.20. The highest BCUT2D eigenvalue weighted by molar-refractivity contribution is 7.94. The summed E-state index contributed by atoms with van der Waals surface area (Å²) in [6.07, 6.45) is 0. The van der Waals surface area contributed by atoms with Gasteiger partial charge in [-0.1, -0.05) is 11.3 Å². The summed E-state index contributed by atoms with van der Waals surface area (Å²) in [7, 11) is -3.84. The van der Waals surface area contributed by atoms with Crippen LogP contribution in [0.25, 0.3) is 0 Å². The van der Waals surface area contributed by atoms with E-state index in [4.69, 9.17) is 5.73 Å². The number of rotatable bonds is 3. The van der Waals surface area contributed by atoms with Crippen LogP contribution in [0.2, 0.25) is 0 Å². The molecule has 0 radical (unpaired) electrons. The number of anilines is 2. The second kappa shape index (κ2) is 4.50. The second-order valence-corrected chi connectivity index (χ2v) is 6.34. The molecule has 1 aromatic heterocycles. The number of nitrogens with zero attached hydrogens (tertiary/aromatic N) is 2. The van der Waals surface area contributed by atoms with Gasteiger partial charge in [0.15, 0.2) is 0 Å². The van der Waals surface area contributed by atoms with Crippen LogP contribution in [0.15, 0.2) is 22.5 Å². The Kier molecular flexibility index (Phi) is 3.18. The summed E-state index contributed by atoms with van der Waals surface area (Å²) in [6, 6.07) is 3.73. The molecular formula is C9H9FN4O2S2. The van der Waals surface area contributed by atoms with E-state index in [1.807, 2.05) is 0 Å². The Morgan fingerprint density at radius 2 is 2.11 bits per heavy atom. The first-order chi connectivity index (χ1) is 8.38. The third kappa shape index (κ3) is 2.57. The molecule has 0 aliphatic carbocycles. The van der Waals surface area contributed by atoms with Crippen molar-refractivity contribution < 1.29 is 12.8 Å².